The van der Waals surface area contributed by atoms with E-state index in [4.69, 9.17) is 14.2 Å². The van der Waals surface area contributed by atoms with E-state index in [9.17, 15) is 9.90 Å². The Kier molecular flexibility index (Phi) is 10.3. The molecule has 3 rings (SSSR count). The number of carbonyl (C=O) groups excluding carboxylic acids is 1. The van der Waals surface area contributed by atoms with E-state index in [-0.39, 0.29) is 18.4 Å². The highest BCUT2D eigenvalue weighted by atomic mass is 16.5. The molecule has 3 aromatic carbocycles. The molecular weight excluding hydrogens is 454 g/mol. The fraction of sp³-hybridized carbons (Fsp3) is 0.367. The topological polar surface area (TPSA) is 77.0 Å². The third-order valence-corrected chi connectivity index (χ3v) is 6.38. The van der Waals surface area contributed by atoms with Gasteiger partial charge in [0, 0.05) is 26.0 Å². The average Bonchev–Trinajstić information content (AvgIpc) is 2.93. The van der Waals surface area contributed by atoms with Gasteiger partial charge in [-0.3, -0.25) is 4.79 Å². The molecule has 0 aliphatic rings. The van der Waals surface area contributed by atoms with E-state index in [1.807, 2.05) is 66.7 Å². The molecule has 0 aliphatic heterocycles. The lowest BCUT2D eigenvalue weighted by Gasteiger charge is -2.37. The third kappa shape index (κ3) is 6.86. The van der Waals surface area contributed by atoms with E-state index < -0.39 is 5.60 Å². The van der Waals surface area contributed by atoms with Gasteiger partial charge < -0.3 is 24.6 Å². The van der Waals surface area contributed by atoms with Crippen LogP contribution in [0, 0.1) is 5.92 Å². The summed E-state index contributed by atoms with van der Waals surface area (Å²) in [5.74, 6) is 1.47. The second kappa shape index (κ2) is 13.7. The van der Waals surface area contributed by atoms with Crippen LogP contribution in [0.25, 0.3) is 0 Å². The van der Waals surface area contributed by atoms with Crippen LogP contribution in [0.3, 0.4) is 0 Å². The molecule has 192 valence electrons. The molecule has 0 fully saturated rings. The lowest BCUT2D eigenvalue weighted by molar-refractivity contribution is -0.118. The minimum Gasteiger partial charge on any atom is -0.497 e. The number of carbonyl (C=O) groups is 1. The number of amides is 1. The van der Waals surface area contributed by atoms with Gasteiger partial charge in [0.05, 0.1) is 20.8 Å². The number of hydrogen-bond acceptors (Lipinski definition) is 5. The first kappa shape index (κ1) is 27.2. The average molecular weight is 492 g/mol. The summed E-state index contributed by atoms with van der Waals surface area (Å²) in [7, 11) is 3.30. The first-order valence-electron chi connectivity index (χ1n) is 12.4. The molecule has 0 saturated carbocycles. The number of nitrogens with one attached hydrogen (secondary N) is 1. The minimum atomic E-state index is -0.899. The number of hydrogen-bond donors (Lipinski definition) is 2. The zero-order valence-corrected chi connectivity index (χ0v) is 21.4. The molecule has 1 amide bonds. The Balaban J connectivity index is 1.96. The van der Waals surface area contributed by atoms with Crippen LogP contribution < -0.4 is 14.8 Å². The van der Waals surface area contributed by atoms with Crippen molar-refractivity contribution in [2.24, 2.45) is 5.92 Å². The Hall–Kier alpha value is -3.35. The van der Waals surface area contributed by atoms with E-state index >= 15 is 0 Å². The molecule has 2 N–H and O–H groups in total. The van der Waals surface area contributed by atoms with Crippen molar-refractivity contribution in [3.05, 3.63) is 95.6 Å². The van der Waals surface area contributed by atoms with Gasteiger partial charge in [0.25, 0.3) is 0 Å². The summed E-state index contributed by atoms with van der Waals surface area (Å²) in [5, 5.41) is 13.0. The van der Waals surface area contributed by atoms with Crippen LogP contribution in [0.15, 0.2) is 78.9 Å². The van der Waals surface area contributed by atoms with E-state index in [1.165, 1.54) is 6.92 Å². The van der Waals surface area contributed by atoms with Crippen molar-refractivity contribution in [3.8, 4) is 11.5 Å². The Morgan fingerprint density at radius 1 is 0.833 bits per heavy atom. The summed E-state index contributed by atoms with van der Waals surface area (Å²) in [6.45, 7) is 2.55. The van der Waals surface area contributed by atoms with Crippen molar-refractivity contribution in [2.75, 3.05) is 34.0 Å². The first-order chi connectivity index (χ1) is 17.5. The van der Waals surface area contributed by atoms with Crippen molar-refractivity contribution in [3.63, 3.8) is 0 Å². The lowest BCUT2D eigenvalue weighted by Crippen LogP contribution is -2.35. The van der Waals surface area contributed by atoms with Gasteiger partial charge in [-0.25, -0.2) is 0 Å². The van der Waals surface area contributed by atoms with Crippen molar-refractivity contribution in [1.29, 1.82) is 0 Å². The van der Waals surface area contributed by atoms with Gasteiger partial charge in [-0.1, -0.05) is 61.0 Å². The molecule has 0 heterocycles. The van der Waals surface area contributed by atoms with Crippen LogP contribution in [0.5, 0.6) is 11.5 Å². The number of rotatable bonds is 14. The molecule has 1 unspecified atom stereocenters. The summed E-state index contributed by atoms with van der Waals surface area (Å²) < 4.78 is 17.7. The molecule has 0 aromatic heterocycles. The van der Waals surface area contributed by atoms with Gasteiger partial charge in [-0.15, -0.1) is 0 Å². The molecule has 0 radical (unpaired) electrons. The number of aliphatic hydroxyl groups is 1. The second-order valence-corrected chi connectivity index (χ2v) is 8.84. The summed E-state index contributed by atoms with van der Waals surface area (Å²) in [4.78, 5) is 11.1. The van der Waals surface area contributed by atoms with E-state index in [0.29, 0.717) is 13.2 Å². The Morgan fingerprint density at radius 3 is 1.83 bits per heavy atom. The summed E-state index contributed by atoms with van der Waals surface area (Å²) >= 11 is 0. The molecule has 1 atom stereocenters. The minimum absolute atomic E-state index is 0.0240. The van der Waals surface area contributed by atoms with E-state index in [1.54, 1.807) is 14.2 Å². The Labute approximate surface area is 214 Å². The van der Waals surface area contributed by atoms with Crippen LogP contribution >= 0.6 is 0 Å². The fourth-order valence-corrected chi connectivity index (χ4v) is 4.37. The van der Waals surface area contributed by atoms with Crippen molar-refractivity contribution < 1.29 is 24.1 Å². The number of ether oxygens (including phenoxy) is 3. The maximum absolute atomic E-state index is 11.1. The molecule has 0 bridgehead atoms. The van der Waals surface area contributed by atoms with E-state index in [2.05, 4.69) is 17.4 Å². The van der Waals surface area contributed by atoms with Gasteiger partial charge in [0.2, 0.25) is 5.91 Å². The Morgan fingerprint density at radius 2 is 1.36 bits per heavy atom. The predicted octanol–water partition coefficient (Wildman–Crippen LogP) is 4.93. The van der Waals surface area contributed by atoms with Gasteiger partial charge >= 0.3 is 0 Å². The summed E-state index contributed by atoms with van der Waals surface area (Å²) in [6.07, 6.45) is 2.54. The molecule has 6 nitrogen and oxygen atoms in total. The first-order valence-corrected chi connectivity index (χ1v) is 12.4. The highest BCUT2D eigenvalue weighted by molar-refractivity contribution is 5.72. The van der Waals surface area contributed by atoms with Gasteiger partial charge in [0.15, 0.2) is 0 Å². The van der Waals surface area contributed by atoms with Crippen molar-refractivity contribution >= 4 is 5.91 Å². The number of unbranched alkanes of at least 4 members (excludes halogenated alkanes) is 1. The van der Waals surface area contributed by atoms with Gasteiger partial charge in [0.1, 0.15) is 17.1 Å². The molecular formula is C30H37NO5. The summed E-state index contributed by atoms with van der Waals surface area (Å²) in [6, 6.07) is 26.0. The third-order valence-electron chi connectivity index (χ3n) is 6.38. The van der Waals surface area contributed by atoms with Crippen LogP contribution in [-0.2, 0) is 15.1 Å². The van der Waals surface area contributed by atoms with Gasteiger partial charge in [-0.05, 0) is 53.8 Å². The maximum atomic E-state index is 11.1. The second-order valence-electron chi connectivity index (χ2n) is 8.84. The highest BCUT2D eigenvalue weighted by Gasteiger charge is 2.38. The SMILES string of the molecule is COc1ccc(C(OCC(CO)CCCCNC(C)=O)(c2ccccc2)c2ccc(OC)cc2)cc1. The van der Waals surface area contributed by atoms with Crippen molar-refractivity contribution in [1.82, 2.24) is 5.32 Å². The monoisotopic (exact) mass is 491 g/mol. The number of aliphatic hydroxyl groups excluding tert-OH is 1. The smallest absolute Gasteiger partial charge is 0.216 e. The predicted molar refractivity (Wildman–Crippen MR) is 141 cm³/mol. The molecule has 0 aliphatic carbocycles. The molecule has 0 saturated heterocycles. The molecule has 6 heteroatoms. The molecule has 3 aromatic rings. The zero-order chi connectivity index (χ0) is 25.8. The van der Waals surface area contributed by atoms with Crippen LogP contribution in [-0.4, -0.2) is 45.0 Å². The van der Waals surface area contributed by atoms with Crippen molar-refractivity contribution in [2.45, 2.75) is 31.8 Å². The summed E-state index contributed by atoms with van der Waals surface area (Å²) in [5.41, 5.74) is 2.01. The highest BCUT2D eigenvalue weighted by Crippen LogP contribution is 2.42. The largest absolute Gasteiger partial charge is 0.497 e. The standard InChI is InChI=1S/C30H37NO5/c1-23(33)31-20-8-7-9-24(21-32)22-36-30(25-10-5-4-6-11-25,26-12-16-28(34-2)17-13-26)27-14-18-29(35-3)19-15-27/h4-6,10-19,24,32H,7-9,20-22H2,1-3H3,(H,31,33). The van der Waals surface area contributed by atoms with Gasteiger partial charge in [-0.2, -0.15) is 0 Å². The Bertz CT molecular complexity index is 1000. The van der Waals surface area contributed by atoms with E-state index in [0.717, 1.165) is 47.5 Å². The molecule has 36 heavy (non-hydrogen) atoms. The number of methoxy groups -OCH3 is 2. The van der Waals surface area contributed by atoms with Crippen LogP contribution in [0.4, 0.5) is 0 Å². The normalized spacial score (nSPS) is 12.1. The fourth-order valence-electron chi connectivity index (χ4n) is 4.37. The number of benzene rings is 3. The zero-order valence-electron chi connectivity index (χ0n) is 21.4. The molecule has 0 spiro atoms. The lowest BCUT2D eigenvalue weighted by atomic mass is 9.79. The quantitative estimate of drug-likeness (QED) is 0.247. The maximum Gasteiger partial charge on any atom is 0.216 e. The van der Waals surface area contributed by atoms with Crippen LogP contribution in [0.2, 0.25) is 0 Å². The van der Waals surface area contributed by atoms with Crippen LogP contribution in [0.1, 0.15) is 42.9 Å².